The summed E-state index contributed by atoms with van der Waals surface area (Å²) in [7, 11) is 0. The monoisotopic (exact) mass is 355 g/mol. The lowest BCUT2D eigenvalue weighted by Gasteiger charge is -2.31. The van der Waals surface area contributed by atoms with E-state index in [1.165, 1.54) is 12.8 Å². The van der Waals surface area contributed by atoms with Crippen molar-refractivity contribution in [3.63, 3.8) is 0 Å². The van der Waals surface area contributed by atoms with Crippen LogP contribution in [0.1, 0.15) is 31.2 Å². The maximum absolute atomic E-state index is 12.9. The topological polar surface area (TPSA) is 91.1 Å². The van der Waals surface area contributed by atoms with Crippen LogP contribution in [0.5, 0.6) is 0 Å². The van der Waals surface area contributed by atoms with E-state index in [-0.39, 0.29) is 11.9 Å². The quantitative estimate of drug-likeness (QED) is 0.851. The number of nitrogens with zero attached hydrogens (tertiary/aromatic N) is 4. The maximum Gasteiger partial charge on any atom is 0.240 e. The molecule has 0 bridgehead atoms. The Morgan fingerprint density at radius 3 is 2.69 bits per heavy atom. The molecular weight excluding hydrogens is 330 g/mol. The van der Waals surface area contributed by atoms with Gasteiger partial charge in [0, 0.05) is 56.8 Å². The normalized spacial score (nSPS) is 28.4. The fraction of sp³-hybridized carbons (Fsp3) is 0.684. The average Bonchev–Trinajstić information content (AvgIpc) is 3.45. The van der Waals surface area contributed by atoms with Gasteiger partial charge in [0.25, 0.3) is 0 Å². The minimum Gasteiger partial charge on any atom is -0.381 e. The van der Waals surface area contributed by atoms with Crippen LogP contribution in [0.25, 0.3) is 0 Å². The van der Waals surface area contributed by atoms with Gasteiger partial charge in [0.1, 0.15) is 11.7 Å². The van der Waals surface area contributed by atoms with Crippen molar-refractivity contribution in [1.29, 1.82) is 5.26 Å². The van der Waals surface area contributed by atoms with E-state index in [0.717, 1.165) is 25.2 Å². The third-order valence-corrected chi connectivity index (χ3v) is 6.00. The summed E-state index contributed by atoms with van der Waals surface area (Å²) in [5, 5.41) is 12.9. The summed E-state index contributed by atoms with van der Waals surface area (Å²) in [4.78, 5) is 23.5. The third kappa shape index (κ3) is 3.57. The van der Waals surface area contributed by atoms with Crippen molar-refractivity contribution in [1.82, 2.24) is 20.2 Å². The van der Waals surface area contributed by atoms with E-state index >= 15 is 0 Å². The first-order valence-electron chi connectivity index (χ1n) is 9.46. The molecule has 0 unspecified atom stereocenters. The second kappa shape index (κ2) is 7.29. The van der Waals surface area contributed by atoms with E-state index in [0.29, 0.717) is 37.9 Å². The van der Waals surface area contributed by atoms with Crippen molar-refractivity contribution < 1.29 is 9.53 Å². The van der Waals surface area contributed by atoms with E-state index in [1.54, 1.807) is 6.33 Å². The molecule has 3 fully saturated rings. The van der Waals surface area contributed by atoms with Crippen LogP contribution >= 0.6 is 0 Å². The second-order valence-corrected chi connectivity index (χ2v) is 7.83. The molecule has 26 heavy (non-hydrogen) atoms. The first-order chi connectivity index (χ1) is 12.7. The highest BCUT2D eigenvalue weighted by Crippen LogP contribution is 2.42. The molecule has 0 radical (unpaired) electrons. The number of ether oxygens (including phenoxy) is 1. The van der Waals surface area contributed by atoms with Gasteiger partial charge in [0.2, 0.25) is 5.91 Å². The summed E-state index contributed by atoms with van der Waals surface area (Å²) >= 11 is 0. The molecule has 3 heterocycles. The molecule has 1 saturated carbocycles. The fourth-order valence-corrected chi connectivity index (χ4v) is 4.28. The highest BCUT2D eigenvalue weighted by atomic mass is 16.5. The van der Waals surface area contributed by atoms with E-state index in [1.807, 2.05) is 12.4 Å². The molecule has 2 saturated heterocycles. The fourth-order valence-electron chi connectivity index (χ4n) is 4.28. The number of hydrogen-bond acceptors (Lipinski definition) is 6. The maximum atomic E-state index is 12.9. The molecule has 1 aromatic heterocycles. The molecule has 2 atom stereocenters. The van der Waals surface area contributed by atoms with Gasteiger partial charge in [-0.05, 0) is 37.5 Å². The Hall–Kier alpha value is -2.04. The Bertz CT molecular complexity index is 679. The lowest BCUT2D eigenvalue weighted by atomic mass is 9.80. The Kier molecular flexibility index (Phi) is 4.88. The number of carbonyl (C=O) groups excluding carboxylic acids is 1. The summed E-state index contributed by atoms with van der Waals surface area (Å²) in [6.45, 7) is 3.57. The predicted octanol–water partition coefficient (Wildman–Crippen LogP) is 1.12. The first-order valence-corrected chi connectivity index (χ1v) is 9.46. The number of aromatic nitrogens is 2. The number of amides is 1. The largest absolute Gasteiger partial charge is 0.381 e. The molecule has 7 heteroatoms. The van der Waals surface area contributed by atoms with Gasteiger partial charge in [-0.15, -0.1) is 0 Å². The number of rotatable bonds is 5. The van der Waals surface area contributed by atoms with Crippen molar-refractivity contribution >= 4 is 5.91 Å². The smallest absolute Gasteiger partial charge is 0.240 e. The summed E-state index contributed by atoms with van der Waals surface area (Å²) in [6.07, 6.45) is 8.70. The molecule has 0 aromatic carbocycles. The minimum absolute atomic E-state index is 0.108. The van der Waals surface area contributed by atoms with Crippen LogP contribution in [0.3, 0.4) is 0 Å². The summed E-state index contributed by atoms with van der Waals surface area (Å²) in [5.41, 5.74) is 0.166. The van der Waals surface area contributed by atoms with Crippen molar-refractivity contribution in [3.8, 4) is 6.07 Å². The van der Waals surface area contributed by atoms with Crippen LogP contribution in [0.4, 0.5) is 0 Å². The van der Waals surface area contributed by atoms with Crippen molar-refractivity contribution in [2.75, 3.05) is 26.3 Å². The molecule has 1 N–H and O–H groups in total. The van der Waals surface area contributed by atoms with Gasteiger partial charge in [0.15, 0.2) is 0 Å². The number of nitrogens with one attached hydrogen (secondary N) is 1. The summed E-state index contributed by atoms with van der Waals surface area (Å²) in [5.74, 6) is 1.06. The van der Waals surface area contributed by atoms with Gasteiger partial charge in [-0.1, -0.05) is 0 Å². The van der Waals surface area contributed by atoms with Crippen LogP contribution in [0.15, 0.2) is 18.7 Å². The number of nitriles is 1. The highest BCUT2D eigenvalue weighted by Gasteiger charge is 2.46. The van der Waals surface area contributed by atoms with Crippen LogP contribution in [0.2, 0.25) is 0 Å². The molecule has 1 amide bonds. The lowest BCUT2D eigenvalue weighted by Crippen LogP contribution is -2.50. The number of hydrogen-bond donors (Lipinski definition) is 1. The molecule has 2 aliphatic heterocycles. The van der Waals surface area contributed by atoms with Crippen molar-refractivity contribution in [3.05, 3.63) is 24.3 Å². The molecule has 3 aliphatic rings. The standard InChI is InChI=1S/C19H25N5O2/c20-12-19(3-5-26-6-4-19)18(25)23-17-11-24(10-16(17)15-1-2-15)9-14-7-21-13-22-8-14/h7-8,13,15-17H,1-6,9-11H2,(H,23,25)/t16-,17+/m0/s1. The molecule has 138 valence electrons. The van der Waals surface area contributed by atoms with Gasteiger partial charge >= 0.3 is 0 Å². The lowest BCUT2D eigenvalue weighted by molar-refractivity contribution is -0.133. The Morgan fingerprint density at radius 2 is 2.04 bits per heavy atom. The Morgan fingerprint density at radius 1 is 1.31 bits per heavy atom. The van der Waals surface area contributed by atoms with E-state index in [2.05, 4.69) is 26.3 Å². The second-order valence-electron chi connectivity index (χ2n) is 7.83. The molecule has 1 aromatic rings. The van der Waals surface area contributed by atoms with Gasteiger partial charge in [0.05, 0.1) is 6.07 Å². The molecule has 0 spiro atoms. The van der Waals surface area contributed by atoms with E-state index < -0.39 is 5.41 Å². The SMILES string of the molecule is N#CC1(C(=O)N[C@@H]2CN(Cc3cncnc3)C[C@H]2C2CC2)CCOCC1. The van der Waals surface area contributed by atoms with E-state index in [4.69, 9.17) is 4.74 Å². The Balaban J connectivity index is 1.42. The molecule has 1 aliphatic carbocycles. The van der Waals surface area contributed by atoms with Gasteiger partial charge in [-0.3, -0.25) is 9.69 Å². The van der Waals surface area contributed by atoms with Gasteiger partial charge in [-0.25, -0.2) is 9.97 Å². The van der Waals surface area contributed by atoms with Crippen molar-refractivity contribution in [2.45, 2.75) is 38.3 Å². The Labute approximate surface area is 153 Å². The molecule has 7 nitrogen and oxygen atoms in total. The van der Waals surface area contributed by atoms with Gasteiger partial charge < -0.3 is 10.1 Å². The zero-order chi connectivity index (χ0) is 18.0. The number of likely N-dealkylation sites (tertiary alicyclic amines) is 1. The summed E-state index contributed by atoms with van der Waals surface area (Å²) < 4.78 is 5.35. The van der Waals surface area contributed by atoms with Crippen LogP contribution in [0, 0.1) is 28.6 Å². The van der Waals surface area contributed by atoms with Crippen LogP contribution < -0.4 is 5.32 Å². The molecule has 4 rings (SSSR count). The zero-order valence-electron chi connectivity index (χ0n) is 14.9. The third-order valence-electron chi connectivity index (χ3n) is 6.00. The first kappa shape index (κ1) is 17.4. The van der Waals surface area contributed by atoms with Gasteiger partial charge in [-0.2, -0.15) is 5.26 Å². The number of carbonyl (C=O) groups is 1. The minimum atomic E-state index is -0.924. The highest BCUT2D eigenvalue weighted by molar-refractivity contribution is 5.85. The predicted molar refractivity (Wildman–Crippen MR) is 93.6 cm³/mol. The zero-order valence-corrected chi connectivity index (χ0v) is 14.9. The van der Waals surface area contributed by atoms with Crippen LogP contribution in [-0.4, -0.2) is 53.1 Å². The van der Waals surface area contributed by atoms with E-state index in [9.17, 15) is 10.1 Å². The average molecular weight is 355 g/mol. The van der Waals surface area contributed by atoms with Crippen molar-refractivity contribution in [2.24, 2.45) is 17.3 Å². The van der Waals surface area contributed by atoms with Crippen LogP contribution in [-0.2, 0) is 16.1 Å². The summed E-state index contributed by atoms with van der Waals surface area (Å²) in [6, 6.07) is 2.40. The molecular formula is C19H25N5O2.